The van der Waals surface area contributed by atoms with Crippen LogP contribution in [0.4, 0.5) is 0 Å². The third-order valence-electron chi connectivity index (χ3n) is 2.59. The molecule has 0 aliphatic rings. The molecule has 1 aromatic rings. The van der Waals surface area contributed by atoms with Crippen molar-refractivity contribution in [1.29, 1.82) is 0 Å². The number of nitrogens with zero attached hydrogens (tertiary/aromatic N) is 1. The number of rotatable bonds is 8. The van der Waals surface area contributed by atoms with Crippen LogP contribution in [-0.4, -0.2) is 43.4 Å². The van der Waals surface area contributed by atoms with E-state index in [-0.39, 0.29) is 0 Å². The molecule has 0 unspecified atom stereocenters. The summed E-state index contributed by atoms with van der Waals surface area (Å²) in [6.07, 6.45) is 2.11. The summed E-state index contributed by atoms with van der Waals surface area (Å²) in [4.78, 5) is 5.84. The number of hydrogen-bond acceptors (Lipinski definition) is 3. The molecule has 20 heavy (non-hydrogen) atoms. The molecule has 0 aromatic heterocycles. The lowest BCUT2D eigenvalue weighted by atomic mass is 10.2. The van der Waals surface area contributed by atoms with Gasteiger partial charge in [0.2, 0.25) is 0 Å². The second-order valence-electron chi connectivity index (χ2n) is 4.34. The Balaban J connectivity index is 2.25. The molecule has 0 saturated carbocycles. The fourth-order valence-electron chi connectivity index (χ4n) is 1.56. The first kappa shape index (κ1) is 17.2. The van der Waals surface area contributed by atoms with Crippen molar-refractivity contribution in [2.75, 3.05) is 37.4 Å². The van der Waals surface area contributed by atoms with Crippen LogP contribution in [0, 0.1) is 6.92 Å². The molecule has 0 spiro atoms. The fraction of sp³-hybridized carbons (Fsp3) is 0.533. The summed E-state index contributed by atoms with van der Waals surface area (Å²) in [6.45, 7) is 6.89. The molecule has 0 bridgehead atoms. The Labute approximate surface area is 131 Å². The van der Waals surface area contributed by atoms with Crippen LogP contribution in [0.5, 0.6) is 0 Å². The molecule has 0 fully saturated rings. The first-order valence-corrected chi connectivity index (χ1v) is 9.34. The lowest BCUT2D eigenvalue weighted by Crippen LogP contribution is -2.38. The van der Waals surface area contributed by atoms with Crippen LogP contribution >= 0.6 is 23.5 Å². The normalized spacial score (nSPS) is 11.4. The van der Waals surface area contributed by atoms with Crippen LogP contribution in [0.25, 0.3) is 0 Å². The Bertz CT molecular complexity index is 391. The summed E-state index contributed by atoms with van der Waals surface area (Å²) in [6, 6.07) is 8.67. The molecule has 0 atom stereocenters. The second-order valence-corrected chi connectivity index (χ2v) is 6.50. The molecule has 0 aliphatic heterocycles. The zero-order chi connectivity index (χ0) is 14.6. The van der Waals surface area contributed by atoms with Gasteiger partial charge in [-0.1, -0.05) is 17.7 Å². The minimum atomic E-state index is 0.863. The van der Waals surface area contributed by atoms with Crippen molar-refractivity contribution in [3.05, 3.63) is 29.8 Å². The van der Waals surface area contributed by atoms with Gasteiger partial charge in [0, 0.05) is 29.5 Å². The van der Waals surface area contributed by atoms with Gasteiger partial charge < -0.3 is 10.6 Å². The van der Waals surface area contributed by atoms with Crippen LogP contribution < -0.4 is 10.6 Å². The van der Waals surface area contributed by atoms with E-state index in [0.717, 1.165) is 37.1 Å². The molecule has 1 rings (SSSR count). The Morgan fingerprint density at radius 2 is 1.90 bits per heavy atom. The van der Waals surface area contributed by atoms with Gasteiger partial charge in [-0.25, -0.2) is 0 Å². The molecule has 0 radical (unpaired) electrons. The molecule has 5 heteroatoms. The molecule has 0 heterocycles. The largest absolute Gasteiger partial charge is 0.357 e. The zero-order valence-electron chi connectivity index (χ0n) is 12.6. The molecule has 0 saturated heterocycles. The number of nitrogens with one attached hydrogen (secondary N) is 2. The topological polar surface area (TPSA) is 36.4 Å². The summed E-state index contributed by atoms with van der Waals surface area (Å²) >= 11 is 3.69. The van der Waals surface area contributed by atoms with Gasteiger partial charge in [0.1, 0.15) is 0 Å². The third kappa shape index (κ3) is 7.70. The average Bonchev–Trinajstić information content (AvgIpc) is 2.45. The van der Waals surface area contributed by atoms with Crippen molar-refractivity contribution < 1.29 is 0 Å². The van der Waals surface area contributed by atoms with E-state index >= 15 is 0 Å². The quantitative estimate of drug-likeness (QED) is 0.335. The number of hydrogen-bond donors (Lipinski definition) is 2. The summed E-state index contributed by atoms with van der Waals surface area (Å²) in [5.74, 6) is 3.02. The lowest BCUT2D eigenvalue weighted by Gasteiger charge is -2.11. The van der Waals surface area contributed by atoms with Gasteiger partial charge in [-0.3, -0.25) is 4.99 Å². The first-order valence-electron chi connectivity index (χ1n) is 6.97. The number of aryl methyl sites for hydroxylation is 1. The van der Waals surface area contributed by atoms with Crippen LogP contribution in [0.1, 0.15) is 12.5 Å². The van der Waals surface area contributed by atoms with E-state index in [1.165, 1.54) is 10.5 Å². The average molecular weight is 312 g/mol. The maximum atomic E-state index is 4.52. The van der Waals surface area contributed by atoms with E-state index in [0.29, 0.717) is 0 Å². The van der Waals surface area contributed by atoms with Crippen molar-refractivity contribution in [3.63, 3.8) is 0 Å². The number of aliphatic imine (C=N–C) groups is 1. The maximum Gasteiger partial charge on any atom is 0.191 e. The van der Waals surface area contributed by atoms with E-state index in [4.69, 9.17) is 0 Å². The lowest BCUT2D eigenvalue weighted by molar-refractivity contribution is 0.850. The first-order chi connectivity index (χ1) is 9.76. The van der Waals surface area contributed by atoms with E-state index in [1.807, 2.05) is 23.5 Å². The highest BCUT2D eigenvalue weighted by Crippen LogP contribution is 2.17. The van der Waals surface area contributed by atoms with Crippen molar-refractivity contribution in [2.24, 2.45) is 4.99 Å². The molecule has 112 valence electrons. The third-order valence-corrected chi connectivity index (χ3v) is 4.20. The zero-order valence-corrected chi connectivity index (χ0v) is 14.2. The standard InChI is InChI=1S/C15H25N3S2/c1-4-16-15(17-9-11-19-3)18-10-12-20-14-7-5-13(2)6-8-14/h5-8H,4,9-12H2,1-3H3,(H2,16,17,18). The second kappa shape index (κ2) is 10.9. The van der Waals surface area contributed by atoms with Gasteiger partial charge in [0.25, 0.3) is 0 Å². The Hall–Kier alpha value is -0.810. The summed E-state index contributed by atoms with van der Waals surface area (Å²) in [5, 5.41) is 6.64. The summed E-state index contributed by atoms with van der Waals surface area (Å²) in [5.41, 5.74) is 1.31. The highest BCUT2D eigenvalue weighted by atomic mass is 32.2. The predicted molar refractivity (Wildman–Crippen MR) is 94.3 cm³/mol. The van der Waals surface area contributed by atoms with E-state index in [2.05, 4.69) is 60.0 Å². The molecular weight excluding hydrogens is 286 g/mol. The Kier molecular flexibility index (Phi) is 9.41. The monoisotopic (exact) mass is 311 g/mol. The SMILES string of the molecule is CCNC(=NCCSC)NCCSc1ccc(C)cc1. The molecule has 1 aromatic carbocycles. The molecule has 0 aliphatic carbocycles. The molecule has 0 amide bonds. The maximum absolute atomic E-state index is 4.52. The van der Waals surface area contributed by atoms with Crippen molar-refractivity contribution >= 4 is 29.5 Å². The van der Waals surface area contributed by atoms with E-state index in [1.54, 1.807) is 0 Å². The van der Waals surface area contributed by atoms with Crippen LogP contribution in [-0.2, 0) is 0 Å². The predicted octanol–water partition coefficient (Wildman–Crippen LogP) is 3.01. The summed E-state index contributed by atoms with van der Waals surface area (Å²) in [7, 11) is 0. The van der Waals surface area contributed by atoms with Crippen LogP contribution in [0.15, 0.2) is 34.2 Å². The highest BCUT2D eigenvalue weighted by molar-refractivity contribution is 7.99. The van der Waals surface area contributed by atoms with Crippen LogP contribution in [0.3, 0.4) is 0 Å². The van der Waals surface area contributed by atoms with Crippen molar-refractivity contribution in [2.45, 2.75) is 18.7 Å². The molecular formula is C15H25N3S2. The van der Waals surface area contributed by atoms with Gasteiger partial charge in [0.15, 0.2) is 5.96 Å². The Morgan fingerprint density at radius 1 is 1.15 bits per heavy atom. The summed E-state index contributed by atoms with van der Waals surface area (Å²) < 4.78 is 0. The van der Waals surface area contributed by atoms with Gasteiger partial charge in [-0.15, -0.1) is 11.8 Å². The van der Waals surface area contributed by atoms with Gasteiger partial charge in [-0.2, -0.15) is 11.8 Å². The van der Waals surface area contributed by atoms with Crippen molar-refractivity contribution in [1.82, 2.24) is 10.6 Å². The number of guanidine groups is 1. The highest BCUT2D eigenvalue weighted by Gasteiger charge is 1.97. The van der Waals surface area contributed by atoms with E-state index < -0.39 is 0 Å². The number of thioether (sulfide) groups is 2. The Morgan fingerprint density at radius 3 is 2.55 bits per heavy atom. The minimum absolute atomic E-state index is 0.863. The fourth-order valence-corrected chi connectivity index (χ4v) is 2.61. The van der Waals surface area contributed by atoms with E-state index in [9.17, 15) is 0 Å². The molecule has 2 N–H and O–H groups in total. The van der Waals surface area contributed by atoms with Crippen molar-refractivity contribution in [3.8, 4) is 0 Å². The van der Waals surface area contributed by atoms with Gasteiger partial charge in [-0.05, 0) is 32.2 Å². The van der Waals surface area contributed by atoms with Crippen LogP contribution in [0.2, 0.25) is 0 Å². The minimum Gasteiger partial charge on any atom is -0.357 e. The van der Waals surface area contributed by atoms with Gasteiger partial charge >= 0.3 is 0 Å². The number of benzene rings is 1. The molecule has 3 nitrogen and oxygen atoms in total. The van der Waals surface area contributed by atoms with Gasteiger partial charge in [0.05, 0.1) is 6.54 Å². The smallest absolute Gasteiger partial charge is 0.191 e.